The number of benzene rings is 2. The van der Waals surface area contributed by atoms with Crippen LogP contribution in [0.3, 0.4) is 0 Å². The highest BCUT2D eigenvalue weighted by Crippen LogP contribution is 2.53. The number of carbonyl (C=O) groups is 3. The van der Waals surface area contributed by atoms with E-state index >= 15 is 0 Å². The smallest absolute Gasteiger partial charge is 0.296 e. The summed E-state index contributed by atoms with van der Waals surface area (Å²) in [7, 11) is 3.09. The van der Waals surface area contributed by atoms with Crippen molar-refractivity contribution in [2.24, 2.45) is 0 Å². The summed E-state index contributed by atoms with van der Waals surface area (Å²) in [6.45, 7) is 4.46. The number of aliphatic hydroxyl groups is 1. The van der Waals surface area contributed by atoms with Crippen LogP contribution < -0.4 is 9.64 Å². The van der Waals surface area contributed by atoms with Crippen LogP contribution in [0.15, 0.2) is 48.0 Å². The van der Waals surface area contributed by atoms with Crippen molar-refractivity contribution in [2.75, 3.05) is 38.8 Å². The Balaban J connectivity index is 2.02. The van der Waals surface area contributed by atoms with Crippen LogP contribution in [0.4, 0.5) is 5.69 Å². The molecule has 0 bridgehead atoms. The van der Waals surface area contributed by atoms with E-state index in [4.69, 9.17) is 9.47 Å². The predicted molar refractivity (Wildman–Crippen MR) is 127 cm³/mol. The van der Waals surface area contributed by atoms with Crippen molar-refractivity contribution in [1.82, 2.24) is 4.90 Å². The maximum Gasteiger partial charge on any atom is 0.296 e. The number of aryl methyl sites for hydroxylation is 1. The molecule has 0 saturated carbocycles. The number of likely N-dealkylation sites (tertiary alicyclic amines) is 1. The minimum Gasteiger partial charge on any atom is -0.507 e. The number of hydrogen-bond donors (Lipinski definition) is 1. The van der Waals surface area contributed by atoms with Crippen molar-refractivity contribution >= 4 is 29.0 Å². The second-order valence-electron chi connectivity index (χ2n) is 8.32. The van der Waals surface area contributed by atoms with E-state index in [-0.39, 0.29) is 17.9 Å². The van der Waals surface area contributed by atoms with Crippen molar-refractivity contribution < 1.29 is 29.0 Å². The number of ketones is 1. The molecule has 2 amide bonds. The molecule has 0 aliphatic carbocycles. The highest BCUT2D eigenvalue weighted by molar-refractivity contribution is 6.50. The fourth-order valence-electron chi connectivity index (χ4n) is 5.02. The van der Waals surface area contributed by atoms with E-state index in [1.54, 1.807) is 61.6 Å². The summed E-state index contributed by atoms with van der Waals surface area (Å²) in [4.78, 5) is 43.7. The maximum absolute atomic E-state index is 14.0. The van der Waals surface area contributed by atoms with Gasteiger partial charge in [0.05, 0.1) is 18.4 Å². The Hall–Kier alpha value is -3.65. The van der Waals surface area contributed by atoms with E-state index < -0.39 is 23.1 Å². The first-order valence-electron chi connectivity index (χ1n) is 11.2. The molecule has 0 aromatic heterocycles. The van der Waals surface area contributed by atoms with E-state index in [1.165, 1.54) is 4.90 Å². The zero-order valence-corrected chi connectivity index (χ0v) is 19.8. The zero-order valence-electron chi connectivity index (χ0n) is 19.8. The van der Waals surface area contributed by atoms with Gasteiger partial charge in [-0.15, -0.1) is 0 Å². The highest BCUT2D eigenvalue weighted by atomic mass is 16.5. The molecule has 8 heteroatoms. The lowest BCUT2D eigenvalue weighted by molar-refractivity contribution is -0.143. The predicted octanol–water partition coefficient (Wildman–Crippen LogP) is 2.98. The first-order valence-corrected chi connectivity index (χ1v) is 11.2. The molecule has 8 nitrogen and oxygen atoms in total. The third-order valence-electron chi connectivity index (χ3n) is 6.52. The number of ether oxygens (including phenoxy) is 2. The molecule has 2 aromatic carbocycles. The molecule has 1 spiro atoms. The molecule has 2 aliphatic rings. The van der Waals surface area contributed by atoms with Crippen LogP contribution in [0.2, 0.25) is 0 Å². The Morgan fingerprint density at radius 3 is 2.47 bits per heavy atom. The Morgan fingerprint density at radius 1 is 1.09 bits per heavy atom. The molecular weight excluding hydrogens is 436 g/mol. The fraction of sp³-hybridized carbons (Fsp3) is 0.346. The van der Waals surface area contributed by atoms with Crippen molar-refractivity contribution in [2.45, 2.75) is 25.8 Å². The number of methoxy groups -OCH3 is 2. The quantitative estimate of drug-likeness (QED) is 0.293. The molecule has 1 atom stereocenters. The average Bonchev–Trinajstić information content (AvgIpc) is 3.22. The molecule has 34 heavy (non-hydrogen) atoms. The molecule has 0 radical (unpaired) electrons. The highest BCUT2D eigenvalue weighted by Gasteiger charge is 2.66. The topological polar surface area (TPSA) is 96.4 Å². The van der Waals surface area contributed by atoms with Gasteiger partial charge in [0.2, 0.25) is 0 Å². The minimum absolute atomic E-state index is 0.120. The van der Waals surface area contributed by atoms with Crippen LogP contribution >= 0.6 is 0 Å². The third kappa shape index (κ3) is 3.20. The molecule has 1 fully saturated rings. The normalized spacial score (nSPS) is 21.0. The van der Waals surface area contributed by atoms with Crippen LogP contribution in [-0.2, 0) is 24.7 Å². The summed E-state index contributed by atoms with van der Waals surface area (Å²) in [5.74, 6) is -1.90. The van der Waals surface area contributed by atoms with Gasteiger partial charge in [-0.2, -0.15) is 0 Å². The van der Waals surface area contributed by atoms with Crippen LogP contribution in [-0.4, -0.2) is 61.5 Å². The number of anilines is 1. The number of hydrogen-bond acceptors (Lipinski definition) is 6. The van der Waals surface area contributed by atoms with Crippen LogP contribution in [0.25, 0.3) is 5.76 Å². The molecule has 4 rings (SSSR count). The van der Waals surface area contributed by atoms with E-state index in [1.807, 2.05) is 13.8 Å². The van der Waals surface area contributed by atoms with Gasteiger partial charge in [-0.25, -0.2) is 0 Å². The van der Waals surface area contributed by atoms with Gasteiger partial charge in [-0.1, -0.05) is 18.2 Å². The van der Waals surface area contributed by atoms with E-state index in [9.17, 15) is 19.5 Å². The molecule has 2 aliphatic heterocycles. The molecule has 1 unspecified atom stereocenters. The third-order valence-corrected chi connectivity index (χ3v) is 6.52. The second-order valence-corrected chi connectivity index (χ2v) is 8.32. The van der Waals surface area contributed by atoms with Gasteiger partial charge in [0.15, 0.2) is 5.54 Å². The van der Waals surface area contributed by atoms with Crippen LogP contribution in [0, 0.1) is 6.92 Å². The summed E-state index contributed by atoms with van der Waals surface area (Å²) in [6, 6.07) is 12.0. The number of amides is 2. The van der Waals surface area contributed by atoms with Gasteiger partial charge in [-0.3, -0.25) is 14.4 Å². The Kier molecular flexibility index (Phi) is 6.18. The van der Waals surface area contributed by atoms with Gasteiger partial charge in [0.25, 0.3) is 17.6 Å². The van der Waals surface area contributed by atoms with Crippen LogP contribution in [0.5, 0.6) is 5.75 Å². The van der Waals surface area contributed by atoms with Crippen LogP contribution in [0.1, 0.15) is 30.0 Å². The number of aliphatic hydroxyl groups excluding tert-OH is 1. The number of rotatable bonds is 7. The summed E-state index contributed by atoms with van der Waals surface area (Å²) >= 11 is 0. The SMILES string of the molecule is CCN1C(=O)C2(/C(=C(/O)c3ccc(OC)c(C)c3)C(=O)C(=O)N2CCCOC)c2ccccc21. The van der Waals surface area contributed by atoms with Gasteiger partial charge >= 0.3 is 0 Å². The first kappa shape index (κ1) is 23.5. The molecule has 2 aromatic rings. The van der Waals surface area contributed by atoms with Gasteiger partial charge < -0.3 is 24.4 Å². The molecular formula is C26H28N2O6. The average molecular weight is 465 g/mol. The summed E-state index contributed by atoms with van der Waals surface area (Å²) in [6.07, 6.45) is 0.425. The Labute approximate surface area is 198 Å². The van der Waals surface area contributed by atoms with E-state index in [0.717, 1.165) is 5.56 Å². The van der Waals surface area contributed by atoms with E-state index in [2.05, 4.69) is 0 Å². The van der Waals surface area contributed by atoms with Gasteiger partial charge in [-0.05, 0) is 50.1 Å². The molecule has 178 valence electrons. The number of Topliss-reactive ketones (excluding diaryl/α,β-unsaturated/α-hetero) is 1. The lowest BCUT2D eigenvalue weighted by Gasteiger charge is -2.34. The molecule has 2 heterocycles. The summed E-state index contributed by atoms with van der Waals surface area (Å²) in [5, 5.41) is 11.5. The number of carbonyl (C=O) groups excluding carboxylic acids is 3. The first-order chi connectivity index (χ1) is 16.3. The molecule has 1 saturated heterocycles. The maximum atomic E-state index is 14.0. The zero-order chi connectivity index (χ0) is 24.6. The lowest BCUT2D eigenvalue weighted by atomic mass is 9.81. The summed E-state index contributed by atoms with van der Waals surface area (Å²) in [5.41, 5.74) is 0.228. The van der Waals surface area contributed by atoms with Gasteiger partial charge in [0.1, 0.15) is 11.5 Å². The number of fused-ring (bicyclic) bond motifs is 2. The standard InChI is InChI=1S/C26H28N2O6/c1-5-27-19-10-7-6-9-18(19)26(25(27)32)21(23(30)24(31)28(26)13-8-14-33-3)22(29)17-11-12-20(34-4)16(2)15-17/h6-7,9-12,15,29H,5,8,13-14H2,1-4H3/b22-21+. The Bertz CT molecular complexity index is 1200. The number of para-hydroxylation sites is 1. The van der Waals surface area contributed by atoms with Crippen molar-refractivity contribution in [3.63, 3.8) is 0 Å². The lowest BCUT2D eigenvalue weighted by Crippen LogP contribution is -2.52. The number of nitrogens with zero attached hydrogens (tertiary/aromatic N) is 2. The largest absolute Gasteiger partial charge is 0.507 e. The summed E-state index contributed by atoms with van der Waals surface area (Å²) < 4.78 is 10.4. The molecule has 1 N–H and O–H groups in total. The number of likely N-dealkylation sites (N-methyl/N-ethyl adjacent to an activating group) is 1. The second kappa shape index (κ2) is 8.95. The van der Waals surface area contributed by atoms with Crippen molar-refractivity contribution in [3.8, 4) is 5.75 Å². The van der Waals surface area contributed by atoms with Crippen molar-refractivity contribution in [3.05, 3.63) is 64.7 Å². The van der Waals surface area contributed by atoms with E-state index in [0.29, 0.717) is 42.1 Å². The monoisotopic (exact) mass is 464 g/mol. The Morgan fingerprint density at radius 2 is 1.82 bits per heavy atom. The minimum atomic E-state index is -1.74. The van der Waals surface area contributed by atoms with Gasteiger partial charge in [0, 0.05) is 37.9 Å². The fourth-order valence-corrected chi connectivity index (χ4v) is 5.02. The van der Waals surface area contributed by atoms with Crippen molar-refractivity contribution in [1.29, 1.82) is 0 Å².